The third-order valence-electron chi connectivity index (χ3n) is 4.41. The van der Waals surface area contributed by atoms with Crippen LogP contribution in [0.2, 0.25) is 5.02 Å². The first-order valence-electron chi connectivity index (χ1n) is 6.89. The smallest absolute Gasteiger partial charge is 0.245 e. The lowest BCUT2D eigenvalue weighted by Gasteiger charge is -2.57. The van der Waals surface area contributed by atoms with Crippen molar-refractivity contribution in [1.82, 2.24) is 0 Å². The van der Waals surface area contributed by atoms with Gasteiger partial charge in [0, 0.05) is 22.0 Å². The van der Waals surface area contributed by atoms with Gasteiger partial charge in [0.25, 0.3) is 0 Å². The molecule has 3 N–H and O–H groups in total. The molecule has 6 heteroatoms. The highest BCUT2D eigenvalue weighted by atomic mass is 127. The molecule has 1 aliphatic carbocycles. The number of carbonyl (C=O) groups excluding carboxylic acids is 1. The number of hydrogen-bond acceptors (Lipinski definition) is 3. The summed E-state index contributed by atoms with van der Waals surface area (Å²) in [5.41, 5.74) is 5.56. The second-order valence-electron chi connectivity index (χ2n) is 5.92. The molecule has 1 aromatic carbocycles. The van der Waals surface area contributed by atoms with Crippen LogP contribution in [0, 0.1) is 8.99 Å². The number of amides is 1. The van der Waals surface area contributed by atoms with Crippen molar-refractivity contribution in [2.75, 3.05) is 11.9 Å². The summed E-state index contributed by atoms with van der Waals surface area (Å²) in [5.74, 6) is -0.216. The number of rotatable bonds is 4. The molecule has 1 fully saturated rings. The molecule has 2 rings (SSSR count). The molecule has 0 saturated heterocycles. The maximum atomic E-state index is 12.6. The first-order valence-corrected chi connectivity index (χ1v) is 8.35. The predicted molar refractivity (Wildman–Crippen MR) is 93.5 cm³/mol. The topological polar surface area (TPSA) is 64.3 Å². The lowest BCUT2D eigenvalue weighted by atomic mass is 9.54. The summed E-state index contributed by atoms with van der Waals surface area (Å²) < 4.78 is 6.65. The van der Waals surface area contributed by atoms with Crippen LogP contribution in [-0.2, 0) is 9.53 Å². The number of carbonyl (C=O) groups is 1. The summed E-state index contributed by atoms with van der Waals surface area (Å²) in [5, 5.41) is 3.35. The van der Waals surface area contributed by atoms with Crippen molar-refractivity contribution in [3.05, 3.63) is 26.8 Å². The summed E-state index contributed by atoms with van der Waals surface area (Å²) in [7, 11) is 0. The van der Waals surface area contributed by atoms with Crippen molar-refractivity contribution in [3.63, 3.8) is 0 Å². The fraction of sp³-hybridized carbons (Fsp3) is 0.533. The molecule has 2 unspecified atom stereocenters. The van der Waals surface area contributed by atoms with Crippen LogP contribution in [0.25, 0.3) is 0 Å². The zero-order chi connectivity index (χ0) is 15.8. The van der Waals surface area contributed by atoms with Gasteiger partial charge in [0.1, 0.15) is 5.54 Å². The number of nitrogens with two attached hydrogens (primary N) is 1. The van der Waals surface area contributed by atoms with Gasteiger partial charge in [-0.2, -0.15) is 0 Å². The van der Waals surface area contributed by atoms with E-state index in [0.29, 0.717) is 23.7 Å². The van der Waals surface area contributed by atoms with E-state index in [-0.39, 0.29) is 12.0 Å². The average Bonchev–Trinajstić information content (AvgIpc) is 2.41. The highest BCUT2D eigenvalue weighted by molar-refractivity contribution is 14.1. The Morgan fingerprint density at radius 3 is 2.76 bits per heavy atom. The van der Waals surface area contributed by atoms with Crippen LogP contribution in [0.4, 0.5) is 5.69 Å². The first kappa shape index (κ1) is 17.0. The number of benzene rings is 1. The van der Waals surface area contributed by atoms with Crippen molar-refractivity contribution < 1.29 is 9.53 Å². The minimum absolute atomic E-state index is 0.00504. The van der Waals surface area contributed by atoms with Crippen molar-refractivity contribution >= 4 is 45.8 Å². The molecule has 4 nitrogen and oxygen atoms in total. The molecule has 1 saturated carbocycles. The highest BCUT2D eigenvalue weighted by Crippen LogP contribution is 2.50. The Bertz CT molecular complexity index is 565. The molecule has 1 aromatic rings. The molecule has 0 bridgehead atoms. The molecular weight excluding hydrogens is 403 g/mol. The van der Waals surface area contributed by atoms with Gasteiger partial charge in [-0.15, -0.1) is 0 Å². The van der Waals surface area contributed by atoms with Crippen LogP contribution in [-0.4, -0.2) is 24.2 Å². The molecular formula is C15H20ClIN2O2. The van der Waals surface area contributed by atoms with Gasteiger partial charge >= 0.3 is 0 Å². The minimum Gasteiger partial charge on any atom is -0.378 e. The van der Waals surface area contributed by atoms with Gasteiger partial charge in [0.2, 0.25) is 5.91 Å². The summed E-state index contributed by atoms with van der Waals surface area (Å²) in [4.78, 5) is 12.6. The quantitative estimate of drug-likeness (QED) is 0.731. The van der Waals surface area contributed by atoms with E-state index >= 15 is 0 Å². The van der Waals surface area contributed by atoms with E-state index in [1.54, 1.807) is 12.1 Å². The van der Waals surface area contributed by atoms with Gasteiger partial charge in [-0.25, -0.2) is 0 Å². The average molecular weight is 423 g/mol. The number of hydrogen-bond donors (Lipinski definition) is 2. The molecule has 116 valence electrons. The second-order valence-corrected chi connectivity index (χ2v) is 7.57. The zero-order valence-electron chi connectivity index (χ0n) is 12.4. The van der Waals surface area contributed by atoms with E-state index < -0.39 is 11.0 Å². The van der Waals surface area contributed by atoms with Crippen molar-refractivity contribution in [2.45, 2.75) is 38.8 Å². The Morgan fingerprint density at radius 2 is 2.24 bits per heavy atom. The van der Waals surface area contributed by atoms with Crippen molar-refractivity contribution in [1.29, 1.82) is 0 Å². The molecule has 0 aliphatic heterocycles. The molecule has 2 atom stereocenters. The van der Waals surface area contributed by atoms with Gasteiger partial charge < -0.3 is 15.8 Å². The molecule has 0 radical (unpaired) electrons. The Balaban J connectivity index is 2.14. The summed E-state index contributed by atoms with van der Waals surface area (Å²) in [6.07, 6.45) is 0.521. The monoisotopic (exact) mass is 422 g/mol. The van der Waals surface area contributed by atoms with Crippen LogP contribution in [0.5, 0.6) is 0 Å². The molecule has 0 heterocycles. The third-order valence-corrected chi connectivity index (χ3v) is 5.40. The van der Waals surface area contributed by atoms with E-state index in [0.717, 1.165) is 3.57 Å². The largest absolute Gasteiger partial charge is 0.378 e. The van der Waals surface area contributed by atoms with Crippen LogP contribution >= 0.6 is 34.2 Å². The minimum atomic E-state index is -0.945. The van der Waals surface area contributed by atoms with E-state index in [9.17, 15) is 4.79 Å². The normalized spacial score (nSPS) is 27.0. The lowest BCUT2D eigenvalue weighted by molar-refractivity contribution is -0.166. The Labute approximate surface area is 143 Å². The van der Waals surface area contributed by atoms with E-state index in [2.05, 4.69) is 27.9 Å². The van der Waals surface area contributed by atoms with Crippen LogP contribution in [0.15, 0.2) is 18.2 Å². The Kier molecular flexibility index (Phi) is 4.87. The van der Waals surface area contributed by atoms with E-state index in [1.807, 2.05) is 26.8 Å². The number of ether oxygens (including phenoxy) is 1. The standard InChI is InChI=1S/C15H20ClIN2O2/c1-4-21-12-8-15(18,14(12,2)3)13(20)19-11-6-5-9(17)7-10(11)16/h5-7,12H,4,8,18H2,1-3H3,(H,19,20). The van der Waals surface area contributed by atoms with Crippen molar-refractivity contribution in [3.8, 4) is 0 Å². The van der Waals surface area contributed by atoms with Gasteiger partial charge in [0.05, 0.1) is 16.8 Å². The SMILES string of the molecule is CCOC1CC(N)(C(=O)Nc2ccc(I)cc2Cl)C1(C)C. The van der Waals surface area contributed by atoms with Crippen LogP contribution < -0.4 is 11.1 Å². The third kappa shape index (κ3) is 2.93. The van der Waals surface area contributed by atoms with Gasteiger partial charge in [-0.3, -0.25) is 4.79 Å². The number of anilines is 1. The Morgan fingerprint density at radius 1 is 1.57 bits per heavy atom. The van der Waals surface area contributed by atoms with Gasteiger partial charge in [-0.1, -0.05) is 25.4 Å². The zero-order valence-corrected chi connectivity index (χ0v) is 15.3. The van der Waals surface area contributed by atoms with Crippen LogP contribution in [0.3, 0.4) is 0 Å². The molecule has 0 aromatic heterocycles. The van der Waals surface area contributed by atoms with E-state index in [4.69, 9.17) is 22.1 Å². The molecule has 0 spiro atoms. The molecule has 1 amide bonds. The van der Waals surface area contributed by atoms with Gasteiger partial charge in [-0.05, 0) is 47.7 Å². The molecule has 21 heavy (non-hydrogen) atoms. The number of halogens is 2. The maximum Gasteiger partial charge on any atom is 0.245 e. The second kappa shape index (κ2) is 6.02. The van der Waals surface area contributed by atoms with Crippen molar-refractivity contribution in [2.24, 2.45) is 11.1 Å². The summed E-state index contributed by atoms with van der Waals surface area (Å²) in [6, 6.07) is 5.48. The predicted octanol–water partition coefficient (Wildman–Crippen LogP) is 3.42. The van der Waals surface area contributed by atoms with Crippen LogP contribution in [0.1, 0.15) is 27.2 Å². The fourth-order valence-corrected chi connectivity index (χ4v) is 3.55. The van der Waals surface area contributed by atoms with Gasteiger partial charge in [0.15, 0.2) is 0 Å². The van der Waals surface area contributed by atoms with E-state index in [1.165, 1.54) is 0 Å². The summed E-state index contributed by atoms with van der Waals surface area (Å²) >= 11 is 8.32. The molecule has 1 aliphatic rings. The highest BCUT2D eigenvalue weighted by Gasteiger charge is 2.62. The maximum absolute atomic E-state index is 12.6. The lowest BCUT2D eigenvalue weighted by Crippen LogP contribution is -2.74. The first-order chi connectivity index (χ1) is 9.72. The fourth-order valence-electron chi connectivity index (χ4n) is 2.65. The number of nitrogens with one attached hydrogen (secondary N) is 1. The Hall–Kier alpha value is -0.370. The summed E-state index contributed by atoms with van der Waals surface area (Å²) in [6.45, 7) is 6.49.